The molecule has 2 aromatic carbocycles. The van der Waals surface area contributed by atoms with Gasteiger partial charge in [0.2, 0.25) is 11.8 Å². The summed E-state index contributed by atoms with van der Waals surface area (Å²) in [6.07, 6.45) is 2.96. The first kappa shape index (κ1) is 18.9. The van der Waals surface area contributed by atoms with Gasteiger partial charge in [0.25, 0.3) is 11.8 Å². The lowest BCUT2D eigenvalue weighted by atomic mass is 9.81. The highest BCUT2D eigenvalue weighted by molar-refractivity contribution is 6.34. The van der Waals surface area contributed by atoms with Crippen molar-refractivity contribution in [1.29, 1.82) is 0 Å². The van der Waals surface area contributed by atoms with Crippen LogP contribution in [0, 0.1) is 23.7 Å². The monoisotopic (exact) mass is 430 g/mol. The molecule has 0 aromatic heterocycles. The Bertz CT molecular complexity index is 1220. The van der Waals surface area contributed by atoms with Crippen molar-refractivity contribution in [2.45, 2.75) is 19.3 Å². The van der Waals surface area contributed by atoms with E-state index in [1.807, 2.05) is 0 Å². The van der Waals surface area contributed by atoms with E-state index < -0.39 is 17.8 Å². The number of amides is 4. The number of benzene rings is 2. The largest absolute Gasteiger partial charge is 0.478 e. The van der Waals surface area contributed by atoms with Gasteiger partial charge >= 0.3 is 5.97 Å². The fourth-order valence-corrected chi connectivity index (χ4v) is 6.02. The van der Waals surface area contributed by atoms with Crippen LogP contribution >= 0.6 is 0 Å². The van der Waals surface area contributed by atoms with Gasteiger partial charge in [-0.3, -0.25) is 24.1 Å². The summed E-state index contributed by atoms with van der Waals surface area (Å²) in [5.41, 5.74) is 0.815. The van der Waals surface area contributed by atoms with Gasteiger partial charge in [0.1, 0.15) is 0 Å². The van der Waals surface area contributed by atoms with Crippen LogP contribution in [0.4, 0.5) is 11.4 Å². The molecule has 32 heavy (non-hydrogen) atoms. The number of rotatable bonds is 3. The molecule has 2 aliphatic heterocycles. The predicted molar refractivity (Wildman–Crippen MR) is 111 cm³/mol. The molecule has 2 aliphatic carbocycles. The second kappa shape index (κ2) is 6.35. The quantitative estimate of drug-likeness (QED) is 0.750. The number of carbonyl (C=O) groups excluding carboxylic acids is 4. The molecule has 8 heteroatoms. The standard InChI is InChI=1S/C24H18N2O6/c27-20-16-8-3-13(24(31)32)10-17(16)21(28)25(20)14-4-6-15(7-5-14)26-22(29)18-11-1-2-12(9-11)19(18)23(26)30/h3-8,10-12,18-19H,1-2,9H2,(H,31,32)/t11-,12-,18+,19+/m0/s1. The second-order valence-electron chi connectivity index (χ2n) is 8.92. The number of carbonyl (C=O) groups is 5. The smallest absolute Gasteiger partial charge is 0.335 e. The molecule has 2 saturated carbocycles. The van der Waals surface area contributed by atoms with Gasteiger partial charge in [-0.05, 0) is 73.6 Å². The van der Waals surface area contributed by atoms with Crippen molar-refractivity contribution in [3.05, 3.63) is 59.2 Å². The molecule has 4 aliphatic rings. The van der Waals surface area contributed by atoms with E-state index in [1.165, 1.54) is 35.2 Å². The number of aromatic carboxylic acids is 1. The van der Waals surface area contributed by atoms with Crippen LogP contribution in [-0.2, 0) is 9.59 Å². The molecule has 2 heterocycles. The molecule has 0 unspecified atom stereocenters. The summed E-state index contributed by atoms with van der Waals surface area (Å²) in [5.74, 6) is -2.51. The van der Waals surface area contributed by atoms with Crippen LogP contribution in [-0.4, -0.2) is 34.7 Å². The van der Waals surface area contributed by atoms with E-state index in [0.29, 0.717) is 17.5 Å². The molecular formula is C24H18N2O6. The molecule has 4 amide bonds. The Morgan fingerprint density at radius 1 is 0.750 bits per heavy atom. The highest BCUT2D eigenvalue weighted by atomic mass is 16.4. The molecule has 8 nitrogen and oxygen atoms in total. The SMILES string of the molecule is O=C(O)c1ccc2c(c1)C(=O)N(c1ccc(N3C(=O)[C@@H]4[C@H]5CC[C@@H](C5)[C@H]4C3=O)cc1)C2=O. The van der Waals surface area contributed by atoms with Gasteiger partial charge < -0.3 is 5.11 Å². The Labute approximate surface area is 182 Å². The molecule has 0 radical (unpaired) electrons. The summed E-state index contributed by atoms with van der Waals surface area (Å²) >= 11 is 0. The fourth-order valence-electron chi connectivity index (χ4n) is 6.02. The van der Waals surface area contributed by atoms with E-state index in [-0.39, 0.29) is 46.0 Å². The average Bonchev–Trinajstić information content (AvgIpc) is 3.52. The number of nitrogens with zero attached hydrogens (tertiary/aromatic N) is 2. The molecule has 2 bridgehead atoms. The van der Waals surface area contributed by atoms with Crippen molar-refractivity contribution >= 4 is 41.0 Å². The van der Waals surface area contributed by atoms with Gasteiger partial charge in [-0.25, -0.2) is 9.69 Å². The van der Waals surface area contributed by atoms with Crippen LogP contribution in [0.2, 0.25) is 0 Å². The normalized spacial score (nSPS) is 28.0. The van der Waals surface area contributed by atoms with Crippen LogP contribution in [0.25, 0.3) is 0 Å². The highest BCUT2D eigenvalue weighted by Crippen LogP contribution is 2.56. The van der Waals surface area contributed by atoms with Crippen molar-refractivity contribution in [3.63, 3.8) is 0 Å². The number of fused-ring (bicyclic) bond motifs is 6. The number of hydrogen-bond donors (Lipinski definition) is 1. The number of carboxylic acids is 1. The summed E-state index contributed by atoms with van der Waals surface area (Å²) in [5, 5.41) is 9.15. The van der Waals surface area contributed by atoms with Gasteiger partial charge in [-0.1, -0.05) is 0 Å². The Morgan fingerprint density at radius 2 is 1.28 bits per heavy atom. The molecule has 0 spiro atoms. The minimum absolute atomic E-state index is 0.0344. The van der Waals surface area contributed by atoms with E-state index in [4.69, 9.17) is 5.11 Å². The first-order chi connectivity index (χ1) is 15.4. The Hall–Kier alpha value is -3.81. The lowest BCUT2D eigenvalue weighted by Gasteiger charge is -2.19. The number of hydrogen-bond acceptors (Lipinski definition) is 5. The molecule has 160 valence electrons. The third-order valence-electron chi connectivity index (χ3n) is 7.43. The van der Waals surface area contributed by atoms with Gasteiger partial charge in [0.15, 0.2) is 0 Å². The molecule has 3 fully saturated rings. The molecule has 1 saturated heterocycles. The number of anilines is 2. The van der Waals surface area contributed by atoms with Crippen LogP contribution in [0.15, 0.2) is 42.5 Å². The van der Waals surface area contributed by atoms with E-state index in [2.05, 4.69) is 0 Å². The number of imide groups is 2. The third-order valence-corrected chi connectivity index (χ3v) is 7.43. The maximum Gasteiger partial charge on any atom is 0.335 e. The van der Waals surface area contributed by atoms with Crippen LogP contribution < -0.4 is 9.80 Å². The van der Waals surface area contributed by atoms with Crippen molar-refractivity contribution < 1.29 is 29.1 Å². The molecule has 1 N–H and O–H groups in total. The van der Waals surface area contributed by atoms with E-state index >= 15 is 0 Å². The second-order valence-corrected chi connectivity index (χ2v) is 8.92. The van der Waals surface area contributed by atoms with Crippen molar-refractivity contribution in [1.82, 2.24) is 0 Å². The predicted octanol–water partition coefficient (Wildman–Crippen LogP) is 2.72. The summed E-state index contributed by atoms with van der Waals surface area (Å²) in [4.78, 5) is 65.1. The Morgan fingerprint density at radius 3 is 1.84 bits per heavy atom. The minimum atomic E-state index is -1.19. The zero-order valence-corrected chi connectivity index (χ0v) is 16.9. The van der Waals surface area contributed by atoms with Gasteiger partial charge in [0, 0.05) is 0 Å². The fraction of sp³-hybridized carbons (Fsp3) is 0.292. The lowest BCUT2D eigenvalue weighted by molar-refractivity contribution is -0.123. The zero-order chi connectivity index (χ0) is 22.3. The maximum atomic E-state index is 13.0. The summed E-state index contributed by atoms with van der Waals surface area (Å²) in [7, 11) is 0. The molecule has 6 rings (SSSR count). The van der Waals surface area contributed by atoms with Gasteiger partial charge in [0.05, 0.1) is 39.9 Å². The zero-order valence-electron chi connectivity index (χ0n) is 16.9. The van der Waals surface area contributed by atoms with E-state index in [0.717, 1.165) is 24.2 Å². The third kappa shape index (κ3) is 2.34. The van der Waals surface area contributed by atoms with Gasteiger partial charge in [-0.15, -0.1) is 0 Å². The van der Waals surface area contributed by atoms with Crippen molar-refractivity contribution in [2.24, 2.45) is 23.7 Å². The van der Waals surface area contributed by atoms with Crippen LogP contribution in [0.5, 0.6) is 0 Å². The van der Waals surface area contributed by atoms with E-state index in [9.17, 15) is 24.0 Å². The van der Waals surface area contributed by atoms with Crippen molar-refractivity contribution in [3.8, 4) is 0 Å². The molecule has 2 aromatic rings. The summed E-state index contributed by atoms with van der Waals surface area (Å²) < 4.78 is 0. The minimum Gasteiger partial charge on any atom is -0.478 e. The topological polar surface area (TPSA) is 112 Å². The lowest BCUT2D eigenvalue weighted by Crippen LogP contribution is -2.33. The highest BCUT2D eigenvalue weighted by Gasteiger charge is 2.61. The average molecular weight is 430 g/mol. The van der Waals surface area contributed by atoms with Crippen molar-refractivity contribution in [2.75, 3.05) is 9.80 Å². The van der Waals surface area contributed by atoms with Crippen LogP contribution in [0.1, 0.15) is 50.3 Å². The summed E-state index contributed by atoms with van der Waals surface area (Å²) in [6.45, 7) is 0. The Kier molecular flexibility index (Phi) is 3.75. The molecular weight excluding hydrogens is 412 g/mol. The van der Waals surface area contributed by atoms with E-state index in [1.54, 1.807) is 12.1 Å². The van der Waals surface area contributed by atoms with Gasteiger partial charge in [-0.2, -0.15) is 0 Å². The summed E-state index contributed by atoms with van der Waals surface area (Å²) in [6, 6.07) is 10.0. The first-order valence-electron chi connectivity index (χ1n) is 10.6. The van der Waals surface area contributed by atoms with Crippen LogP contribution in [0.3, 0.4) is 0 Å². The maximum absolute atomic E-state index is 13.0. The Balaban J connectivity index is 1.29. The first-order valence-corrected chi connectivity index (χ1v) is 10.6. The molecule has 4 atom stereocenters. The number of carboxylic acid groups (broad SMARTS) is 1.